The SMILES string of the molecule is CC1=C(C(=O)OCc2ccccc2)C(c2ccc(Cl)cc2)c2c(nc(=S)[nH]c2N)N1. The van der Waals surface area contributed by atoms with Crippen molar-refractivity contribution < 1.29 is 9.53 Å². The van der Waals surface area contributed by atoms with Crippen LogP contribution in [0, 0.1) is 4.77 Å². The molecule has 0 saturated heterocycles. The highest BCUT2D eigenvalue weighted by Gasteiger charge is 2.35. The highest BCUT2D eigenvalue weighted by Crippen LogP contribution is 2.43. The van der Waals surface area contributed by atoms with Crippen LogP contribution in [0.25, 0.3) is 0 Å². The standard InChI is InChI=1S/C22H19ClN4O2S/c1-12-16(21(28)29-11-13-5-3-2-4-6-13)17(14-7-9-15(23)10-8-14)18-19(24)26-22(30)27-20(18)25-12/h2-10,17H,11H2,1H3,(H4,24,25,26,27,30). The van der Waals surface area contributed by atoms with Crippen molar-refractivity contribution in [3.63, 3.8) is 0 Å². The molecule has 152 valence electrons. The molecule has 0 aliphatic carbocycles. The van der Waals surface area contributed by atoms with Gasteiger partial charge in [0.05, 0.1) is 11.5 Å². The Kier molecular flexibility index (Phi) is 5.57. The van der Waals surface area contributed by atoms with Crippen molar-refractivity contribution in [3.05, 3.63) is 92.4 Å². The molecule has 0 saturated carbocycles. The number of rotatable bonds is 4. The van der Waals surface area contributed by atoms with Gasteiger partial charge in [-0.2, -0.15) is 0 Å². The highest BCUT2D eigenvalue weighted by atomic mass is 35.5. The van der Waals surface area contributed by atoms with Gasteiger partial charge in [0.2, 0.25) is 0 Å². The Balaban J connectivity index is 1.77. The van der Waals surface area contributed by atoms with Crippen LogP contribution in [-0.2, 0) is 16.1 Å². The topological polar surface area (TPSA) is 93.0 Å². The smallest absolute Gasteiger partial charge is 0.337 e. The van der Waals surface area contributed by atoms with Crippen LogP contribution in [0.4, 0.5) is 11.6 Å². The van der Waals surface area contributed by atoms with Crippen molar-refractivity contribution in [3.8, 4) is 0 Å². The lowest BCUT2D eigenvalue weighted by atomic mass is 9.82. The van der Waals surface area contributed by atoms with E-state index in [0.29, 0.717) is 33.5 Å². The van der Waals surface area contributed by atoms with Crippen LogP contribution in [-0.4, -0.2) is 15.9 Å². The van der Waals surface area contributed by atoms with E-state index in [-0.39, 0.29) is 11.4 Å². The first kappa shape index (κ1) is 20.1. The number of aromatic amines is 1. The Labute approximate surface area is 183 Å². The molecule has 3 aromatic rings. The maximum atomic E-state index is 13.2. The third-order valence-electron chi connectivity index (χ3n) is 4.92. The Morgan fingerprint density at radius 3 is 2.60 bits per heavy atom. The number of nitrogens with zero attached hydrogens (tertiary/aromatic N) is 1. The van der Waals surface area contributed by atoms with Crippen LogP contribution in [0.1, 0.15) is 29.5 Å². The van der Waals surface area contributed by atoms with Gasteiger partial charge in [-0.3, -0.25) is 0 Å². The van der Waals surface area contributed by atoms with Crippen molar-refractivity contribution in [1.82, 2.24) is 9.97 Å². The molecule has 0 radical (unpaired) electrons. The summed E-state index contributed by atoms with van der Waals surface area (Å²) in [4.78, 5) is 20.4. The van der Waals surface area contributed by atoms with E-state index < -0.39 is 11.9 Å². The predicted molar refractivity (Wildman–Crippen MR) is 120 cm³/mol. The fourth-order valence-corrected chi connectivity index (χ4v) is 3.88. The number of aromatic nitrogens is 2. The number of nitrogens with one attached hydrogen (secondary N) is 2. The maximum Gasteiger partial charge on any atom is 0.337 e. The molecule has 6 nitrogen and oxygen atoms in total. The summed E-state index contributed by atoms with van der Waals surface area (Å²) in [6.45, 7) is 1.98. The third kappa shape index (κ3) is 3.94. The molecule has 1 aromatic heterocycles. The second kappa shape index (κ2) is 8.30. The fraction of sp³-hybridized carbons (Fsp3) is 0.136. The number of benzene rings is 2. The lowest BCUT2D eigenvalue weighted by Crippen LogP contribution is -2.26. The van der Waals surface area contributed by atoms with E-state index in [4.69, 9.17) is 34.3 Å². The minimum absolute atomic E-state index is 0.168. The van der Waals surface area contributed by atoms with Gasteiger partial charge in [0.15, 0.2) is 4.77 Å². The molecule has 0 amide bonds. The predicted octanol–water partition coefficient (Wildman–Crippen LogP) is 4.95. The number of nitrogen functional groups attached to an aromatic ring is 1. The number of ether oxygens (including phenoxy) is 1. The molecule has 1 unspecified atom stereocenters. The third-order valence-corrected chi connectivity index (χ3v) is 5.37. The van der Waals surface area contributed by atoms with Crippen LogP contribution in [0.15, 0.2) is 65.9 Å². The maximum absolute atomic E-state index is 13.2. The summed E-state index contributed by atoms with van der Waals surface area (Å²) in [7, 11) is 0. The van der Waals surface area contributed by atoms with Gasteiger partial charge >= 0.3 is 5.97 Å². The Morgan fingerprint density at radius 1 is 1.20 bits per heavy atom. The summed E-state index contributed by atoms with van der Waals surface area (Å²) in [6.07, 6.45) is 0. The van der Waals surface area contributed by atoms with E-state index in [1.165, 1.54) is 0 Å². The lowest BCUT2D eigenvalue weighted by molar-refractivity contribution is -0.140. The fourth-order valence-electron chi connectivity index (χ4n) is 3.55. The van der Waals surface area contributed by atoms with Gasteiger partial charge in [0.25, 0.3) is 0 Å². The zero-order chi connectivity index (χ0) is 21.3. The molecule has 0 fully saturated rings. The molecule has 1 aliphatic heterocycles. The molecule has 2 aromatic carbocycles. The zero-order valence-electron chi connectivity index (χ0n) is 16.1. The van der Waals surface area contributed by atoms with E-state index >= 15 is 0 Å². The van der Waals surface area contributed by atoms with E-state index in [9.17, 15) is 4.79 Å². The number of carbonyl (C=O) groups excluding carboxylic acids is 1. The summed E-state index contributed by atoms with van der Waals surface area (Å²) in [5.74, 6) is -0.0518. The first-order valence-electron chi connectivity index (χ1n) is 9.28. The minimum Gasteiger partial charge on any atom is -0.457 e. The number of H-pyrrole nitrogens is 1. The van der Waals surface area contributed by atoms with Crippen LogP contribution < -0.4 is 11.1 Å². The number of nitrogens with two attached hydrogens (primary N) is 1. The molecular formula is C22H19ClN4O2S. The van der Waals surface area contributed by atoms with Crippen LogP contribution in [0.2, 0.25) is 5.02 Å². The van der Waals surface area contributed by atoms with Gasteiger partial charge in [-0.15, -0.1) is 0 Å². The summed E-state index contributed by atoms with van der Waals surface area (Å²) in [5.41, 5.74) is 9.75. The van der Waals surface area contributed by atoms with Gasteiger partial charge in [0.1, 0.15) is 18.2 Å². The number of allylic oxidation sites excluding steroid dienone is 1. The van der Waals surface area contributed by atoms with Crippen molar-refractivity contribution in [2.45, 2.75) is 19.4 Å². The summed E-state index contributed by atoms with van der Waals surface area (Å²) < 4.78 is 5.90. The number of hydrogen-bond donors (Lipinski definition) is 3. The summed E-state index contributed by atoms with van der Waals surface area (Å²) in [6, 6.07) is 16.8. The van der Waals surface area contributed by atoms with Crippen LogP contribution >= 0.6 is 23.8 Å². The van der Waals surface area contributed by atoms with Crippen LogP contribution in [0.5, 0.6) is 0 Å². The molecule has 4 rings (SSSR count). The normalized spacial score (nSPS) is 15.3. The quantitative estimate of drug-likeness (QED) is 0.394. The van der Waals surface area contributed by atoms with E-state index in [2.05, 4.69) is 15.3 Å². The first-order valence-corrected chi connectivity index (χ1v) is 10.1. The number of fused-ring (bicyclic) bond motifs is 1. The molecular weight excluding hydrogens is 420 g/mol. The van der Waals surface area contributed by atoms with Crippen molar-refractivity contribution in [1.29, 1.82) is 0 Å². The zero-order valence-corrected chi connectivity index (χ0v) is 17.7. The summed E-state index contributed by atoms with van der Waals surface area (Å²) >= 11 is 11.2. The van der Waals surface area contributed by atoms with Crippen molar-refractivity contribution in [2.75, 3.05) is 11.1 Å². The Morgan fingerprint density at radius 2 is 1.90 bits per heavy atom. The van der Waals surface area contributed by atoms with Gasteiger partial charge in [-0.1, -0.05) is 54.1 Å². The van der Waals surface area contributed by atoms with Crippen LogP contribution in [0.3, 0.4) is 0 Å². The summed E-state index contributed by atoms with van der Waals surface area (Å²) in [5, 5.41) is 3.75. The van der Waals surface area contributed by atoms with Gasteiger partial charge in [-0.25, -0.2) is 9.78 Å². The Hall–Kier alpha value is -3.16. The number of carbonyl (C=O) groups is 1. The van der Waals surface area contributed by atoms with Gasteiger partial charge in [-0.05, 0) is 42.4 Å². The van der Waals surface area contributed by atoms with E-state index in [0.717, 1.165) is 11.1 Å². The largest absolute Gasteiger partial charge is 0.457 e. The number of halogens is 1. The van der Waals surface area contributed by atoms with Gasteiger partial charge < -0.3 is 20.8 Å². The van der Waals surface area contributed by atoms with Crippen molar-refractivity contribution >= 4 is 41.4 Å². The van der Waals surface area contributed by atoms with E-state index in [1.54, 1.807) is 12.1 Å². The van der Waals surface area contributed by atoms with Crippen molar-refractivity contribution in [2.24, 2.45) is 0 Å². The van der Waals surface area contributed by atoms with E-state index in [1.807, 2.05) is 49.4 Å². The second-order valence-corrected chi connectivity index (χ2v) is 7.75. The molecule has 8 heteroatoms. The molecule has 1 aliphatic rings. The average Bonchev–Trinajstić information content (AvgIpc) is 2.72. The minimum atomic E-state index is -0.485. The number of anilines is 2. The van der Waals surface area contributed by atoms with Gasteiger partial charge in [0, 0.05) is 16.3 Å². The highest BCUT2D eigenvalue weighted by molar-refractivity contribution is 7.71. The molecule has 30 heavy (non-hydrogen) atoms. The molecule has 0 spiro atoms. The molecule has 4 N–H and O–H groups in total. The molecule has 1 atom stereocenters. The first-order chi connectivity index (χ1) is 14.4. The molecule has 2 heterocycles. The molecule has 0 bridgehead atoms. The Bertz CT molecular complexity index is 1190. The lowest BCUT2D eigenvalue weighted by Gasteiger charge is -2.30. The number of esters is 1. The second-order valence-electron chi connectivity index (χ2n) is 6.93. The monoisotopic (exact) mass is 438 g/mol. The number of hydrogen-bond acceptors (Lipinski definition) is 6. The average molecular weight is 439 g/mol.